The Balaban J connectivity index is 3.42. The molecular formula is C67H131NO5. The third-order valence-electron chi connectivity index (χ3n) is 15.8. The molecule has 0 radical (unpaired) electrons. The molecule has 0 heterocycles. The fraction of sp³-hybridized carbons (Fsp3) is 0.940. The van der Waals surface area contributed by atoms with Crippen LogP contribution in [0.5, 0.6) is 0 Å². The zero-order valence-electron chi connectivity index (χ0n) is 49.6. The molecule has 0 fully saturated rings. The second-order valence-corrected chi connectivity index (χ2v) is 23.2. The number of unbranched alkanes of at least 4 members (excludes halogenated alkanes) is 52. The minimum absolute atomic E-state index is 0.0106. The first-order chi connectivity index (χ1) is 36.0. The summed E-state index contributed by atoms with van der Waals surface area (Å²) >= 11 is 0. The molecule has 0 aliphatic heterocycles. The second-order valence-electron chi connectivity index (χ2n) is 23.2. The number of nitrogens with one attached hydrogen (secondary N) is 1. The molecule has 0 saturated carbocycles. The molecule has 0 aliphatic rings. The van der Waals surface area contributed by atoms with Crippen LogP contribution in [0.15, 0.2) is 12.2 Å². The molecule has 2 unspecified atom stereocenters. The normalized spacial score (nSPS) is 12.5. The lowest BCUT2D eigenvalue weighted by Crippen LogP contribution is -2.45. The molecule has 0 bridgehead atoms. The number of amides is 1. The van der Waals surface area contributed by atoms with Crippen molar-refractivity contribution in [2.75, 3.05) is 13.2 Å². The van der Waals surface area contributed by atoms with Gasteiger partial charge in [-0.3, -0.25) is 9.59 Å². The van der Waals surface area contributed by atoms with Gasteiger partial charge >= 0.3 is 5.97 Å². The summed E-state index contributed by atoms with van der Waals surface area (Å²) in [5.74, 6) is -0.0567. The third-order valence-corrected chi connectivity index (χ3v) is 15.8. The van der Waals surface area contributed by atoms with Gasteiger partial charge in [0, 0.05) is 12.8 Å². The van der Waals surface area contributed by atoms with Crippen molar-refractivity contribution in [3.05, 3.63) is 12.2 Å². The quantitative estimate of drug-likeness (QED) is 0.0320. The maximum Gasteiger partial charge on any atom is 0.305 e. The number of allylic oxidation sites excluding steroid dienone is 1. The van der Waals surface area contributed by atoms with E-state index in [1.165, 1.54) is 315 Å². The van der Waals surface area contributed by atoms with Gasteiger partial charge in [-0.05, 0) is 32.1 Å². The molecule has 1 amide bonds. The van der Waals surface area contributed by atoms with E-state index in [1.54, 1.807) is 6.08 Å². The van der Waals surface area contributed by atoms with E-state index in [2.05, 4.69) is 19.2 Å². The van der Waals surface area contributed by atoms with Crippen molar-refractivity contribution in [2.24, 2.45) is 0 Å². The lowest BCUT2D eigenvalue weighted by molar-refractivity contribution is -0.143. The number of carbonyl (C=O) groups is 2. The van der Waals surface area contributed by atoms with Crippen molar-refractivity contribution in [1.82, 2.24) is 5.32 Å². The number of rotatable bonds is 63. The average Bonchev–Trinajstić information content (AvgIpc) is 3.39. The van der Waals surface area contributed by atoms with Crippen molar-refractivity contribution >= 4 is 11.9 Å². The van der Waals surface area contributed by atoms with E-state index in [9.17, 15) is 19.8 Å². The molecule has 6 heteroatoms. The number of ether oxygens (including phenoxy) is 1. The Bertz CT molecular complexity index is 1100. The SMILES string of the molecule is CCCCCCCCCCCCCCCCCCCCCCC/C=C/C(O)C(CO)NC(=O)CCCCCCCCCCCCCCCCCCCCOC(=O)CCCCCCCCCCCCCCCCC. The highest BCUT2D eigenvalue weighted by molar-refractivity contribution is 5.76. The van der Waals surface area contributed by atoms with Crippen LogP contribution in [-0.2, 0) is 14.3 Å². The fourth-order valence-electron chi connectivity index (χ4n) is 10.7. The summed E-state index contributed by atoms with van der Waals surface area (Å²) in [6, 6.07) is -0.631. The number of aliphatic hydroxyl groups excluding tert-OH is 2. The predicted octanol–water partition coefficient (Wildman–Crippen LogP) is 21.2. The van der Waals surface area contributed by atoms with Gasteiger partial charge < -0.3 is 20.3 Å². The van der Waals surface area contributed by atoms with Crippen molar-refractivity contribution in [3.8, 4) is 0 Å². The van der Waals surface area contributed by atoms with Crippen molar-refractivity contribution in [1.29, 1.82) is 0 Å². The zero-order chi connectivity index (χ0) is 52.9. The first kappa shape index (κ1) is 71.6. The third kappa shape index (κ3) is 59.7. The van der Waals surface area contributed by atoms with Crippen LogP contribution in [0.2, 0.25) is 0 Å². The Hall–Kier alpha value is -1.40. The fourth-order valence-corrected chi connectivity index (χ4v) is 10.7. The van der Waals surface area contributed by atoms with E-state index in [-0.39, 0.29) is 18.5 Å². The molecular weight excluding hydrogens is 899 g/mol. The van der Waals surface area contributed by atoms with Gasteiger partial charge in [0.1, 0.15) is 0 Å². The molecule has 0 saturated heterocycles. The number of hydrogen-bond donors (Lipinski definition) is 3. The Labute approximate surface area is 457 Å². The average molecular weight is 1030 g/mol. The Morgan fingerprint density at radius 2 is 0.630 bits per heavy atom. The van der Waals surface area contributed by atoms with Crippen LogP contribution in [0.1, 0.15) is 380 Å². The number of hydrogen-bond acceptors (Lipinski definition) is 5. The summed E-state index contributed by atoms with van der Waals surface area (Å²) < 4.78 is 5.49. The van der Waals surface area contributed by atoms with E-state index < -0.39 is 12.1 Å². The maximum atomic E-state index is 12.5. The van der Waals surface area contributed by atoms with Gasteiger partial charge in [-0.1, -0.05) is 347 Å². The topological polar surface area (TPSA) is 95.9 Å². The Morgan fingerprint density at radius 1 is 0.370 bits per heavy atom. The summed E-state index contributed by atoms with van der Waals surface area (Å²) in [6.45, 7) is 4.94. The van der Waals surface area contributed by atoms with E-state index in [1.807, 2.05) is 6.08 Å². The summed E-state index contributed by atoms with van der Waals surface area (Å²) in [5.41, 5.74) is 0. The highest BCUT2D eigenvalue weighted by Gasteiger charge is 2.18. The van der Waals surface area contributed by atoms with Crippen molar-refractivity contribution in [3.63, 3.8) is 0 Å². The molecule has 2 atom stereocenters. The standard InChI is InChI=1S/C67H131NO5/c1-3-5-7-9-11-13-15-17-19-20-21-22-23-24-25-28-32-35-39-43-47-51-55-59-65(70)64(63-69)68-66(71)60-56-52-48-44-40-36-33-29-26-27-30-34-38-42-46-50-54-58-62-73-67(72)61-57-53-49-45-41-37-31-18-16-14-12-10-8-6-4-2/h55,59,64-65,69-70H,3-54,56-58,60-63H2,1-2H3,(H,68,71)/b59-55+. The van der Waals surface area contributed by atoms with E-state index in [0.717, 1.165) is 38.5 Å². The van der Waals surface area contributed by atoms with Gasteiger partial charge in [-0.25, -0.2) is 0 Å². The van der Waals surface area contributed by atoms with Gasteiger partial charge in [-0.2, -0.15) is 0 Å². The van der Waals surface area contributed by atoms with Crippen LogP contribution in [-0.4, -0.2) is 47.4 Å². The van der Waals surface area contributed by atoms with Gasteiger partial charge in [0.05, 0.1) is 25.4 Å². The molecule has 3 N–H and O–H groups in total. The molecule has 0 rings (SSSR count). The van der Waals surface area contributed by atoms with Crippen LogP contribution < -0.4 is 5.32 Å². The molecule has 434 valence electrons. The minimum Gasteiger partial charge on any atom is -0.466 e. The predicted molar refractivity (Wildman–Crippen MR) is 320 cm³/mol. The second kappa shape index (κ2) is 63.1. The Kier molecular flexibility index (Phi) is 61.9. The van der Waals surface area contributed by atoms with Crippen LogP contribution in [0, 0.1) is 0 Å². The molecule has 0 aromatic carbocycles. The van der Waals surface area contributed by atoms with Crippen LogP contribution in [0.3, 0.4) is 0 Å². The molecule has 73 heavy (non-hydrogen) atoms. The number of esters is 1. The van der Waals surface area contributed by atoms with E-state index in [0.29, 0.717) is 19.4 Å². The van der Waals surface area contributed by atoms with Gasteiger partial charge in [0.2, 0.25) is 5.91 Å². The van der Waals surface area contributed by atoms with Crippen LogP contribution >= 0.6 is 0 Å². The highest BCUT2D eigenvalue weighted by Crippen LogP contribution is 2.19. The lowest BCUT2D eigenvalue weighted by atomic mass is 10.0. The number of aliphatic hydroxyl groups is 2. The summed E-state index contributed by atoms with van der Waals surface area (Å²) in [5, 5.41) is 23.2. The summed E-state index contributed by atoms with van der Waals surface area (Å²) in [6.07, 6.45) is 76.9. The summed E-state index contributed by atoms with van der Waals surface area (Å²) in [4.78, 5) is 24.6. The van der Waals surface area contributed by atoms with Crippen LogP contribution in [0.25, 0.3) is 0 Å². The first-order valence-electron chi connectivity index (χ1n) is 33.5. The molecule has 0 aliphatic carbocycles. The molecule has 0 spiro atoms. The minimum atomic E-state index is -0.848. The lowest BCUT2D eigenvalue weighted by Gasteiger charge is -2.20. The van der Waals surface area contributed by atoms with Crippen LogP contribution in [0.4, 0.5) is 0 Å². The first-order valence-corrected chi connectivity index (χ1v) is 33.5. The maximum absolute atomic E-state index is 12.5. The van der Waals surface area contributed by atoms with E-state index >= 15 is 0 Å². The van der Waals surface area contributed by atoms with Gasteiger partial charge in [0.25, 0.3) is 0 Å². The zero-order valence-corrected chi connectivity index (χ0v) is 49.6. The van der Waals surface area contributed by atoms with Gasteiger partial charge in [-0.15, -0.1) is 0 Å². The van der Waals surface area contributed by atoms with Crippen molar-refractivity contribution in [2.45, 2.75) is 392 Å². The monoisotopic (exact) mass is 1030 g/mol. The van der Waals surface area contributed by atoms with Crippen molar-refractivity contribution < 1.29 is 24.5 Å². The van der Waals surface area contributed by atoms with Gasteiger partial charge in [0.15, 0.2) is 0 Å². The Morgan fingerprint density at radius 3 is 0.932 bits per heavy atom. The highest BCUT2D eigenvalue weighted by atomic mass is 16.5. The van der Waals surface area contributed by atoms with E-state index in [4.69, 9.17) is 4.74 Å². The smallest absolute Gasteiger partial charge is 0.305 e. The number of carbonyl (C=O) groups excluding carboxylic acids is 2. The summed E-state index contributed by atoms with van der Waals surface area (Å²) in [7, 11) is 0. The molecule has 6 nitrogen and oxygen atoms in total. The largest absolute Gasteiger partial charge is 0.466 e. The molecule has 0 aromatic heterocycles. The molecule has 0 aromatic rings.